The highest BCUT2D eigenvalue weighted by molar-refractivity contribution is 7.91. The third-order valence-electron chi connectivity index (χ3n) is 2.71. The summed E-state index contributed by atoms with van der Waals surface area (Å²) in [6.45, 7) is 0. The summed E-state index contributed by atoms with van der Waals surface area (Å²) in [6, 6.07) is 10.4. The number of fused-ring (bicyclic) bond motifs is 1. The molecule has 2 aromatic heterocycles. The van der Waals surface area contributed by atoms with Gasteiger partial charge >= 0.3 is 0 Å². The Balaban J connectivity index is 1.86. The highest BCUT2D eigenvalue weighted by Crippen LogP contribution is 2.20. The van der Waals surface area contributed by atoms with E-state index >= 15 is 0 Å². The van der Waals surface area contributed by atoms with Crippen LogP contribution in [0.5, 0.6) is 0 Å². The molecule has 0 saturated heterocycles. The van der Waals surface area contributed by atoms with Crippen molar-refractivity contribution in [2.24, 2.45) is 0 Å². The largest absolute Gasteiger partial charge is 0.356 e. The van der Waals surface area contributed by atoms with Crippen LogP contribution in [0.15, 0.2) is 53.3 Å². The van der Waals surface area contributed by atoms with E-state index in [-0.39, 0.29) is 5.75 Å². The maximum Gasteiger partial charge on any atom is 0.238 e. The van der Waals surface area contributed by atoms with Crippen LogP contribution in [-0.2, 0) is 15.8 Å². The molecule has 3 aromatic rings. The number of sulfonamides is 1. The molecule has 7 heteroatoms. The Hall–Kier alpha value is -2.41. The summed E-state index contributed by atoms with van der Waals surface area (Å²) in [5.41, 5.74) is 1.37. The van der Waals surface area contributed by atoms with E-state index in [0.29, 0.717) is 22.4 Å². The average Bonchev–Trinajstić information content (AvgIpc) is 2.82. The smallest absolute Gasteiger partial charge is 0.238 e. The minimum absolute atomic E-state index is 0.251. The molecule has 3 rings (SSSR count). The maximum atomic E-state index is 12.1. The Kier molecular flexibility index (Phi) is 3.11. The summed E-state index contributed by atoms with van der Waals surface area (Å²) < 4.78 is 31.7. The lowest BCUT2D eigenvalue weighted by molar-refractivity contribution is 0.448. The van der Waals surface area contributed by atoms with E-state index in [4.69, 9.17) is 4.52 Å². The first-order valence-electron chi connectivity index (χ1n) is 5.88. The van der Waals surface area contributed by atoms with Gasteiger partial charge in [-0.25, -0.2) is 8.42 Å². The highest BCUT2D eigenvalue weighted by atomic mass is 32.2. The van der Waals surface area contributed by atoms with Crippen molar-refractivity contribution >= 4 is 26.7 Å². The molecule has 0 aliphatic carbocycles. The topological polar surface area (TPSA) is 85.1 Å². The lowest BCUT2D eigenvalue weighted by Gasteiger charge is -2.05. The van der Waals surface area contributed by atoms with Crippen LogP contribution in [0.25, 0.3) is 11.0 Å². The van der Waals surface area contributed by atoms with E-state index in [1.807, 2.05) is 6.07 Å². The van der Waals surface area contributed by atoms with Gasteiger partial charge in [0.05, 0.1) is 11.9 Å². The second-order valence-electron chi connectivity index (χ2n) is 4.23. The van der Waals surface area contributed by atoms with Gasteiger partial charge in [-0.05, 0) is 24.3 Å². The number of pyridine rings is 1. The van der Waals surface area contributed by atoms with E-state index in [2.05, 4.69) is 14.9 Å². The van der Waals surface area contributed by atoms with Crippen LogP contribution in [0.2, 0.25) is 0 Å². The fourth-order valence-electron chi connectivity index (χ4n) is 1.86. The zero-order valence-electron chi connectivity index (χ0n) is 10.4. The van der Waals surface area contributed by atoms with Gasteiger partial charge in [0.2, 0.25) is 10.0 Å². The first-order chi connectivity index (χ1) is 9.64. The SMILES string of the molecule is O=S(=O)(Cc1noc2ccccc12)Nc1cccnc1. The number of para-hydroxylation sites is 1. The maximum absolute atomic E-state index is 12.1. The van der Waals surface area contributed by atoms with E-state index < -0.39 is 10.0 Å². The van der Waals surface area contributed by atoms with Gasteiger partial charge in [-0.1, -0.05) is 17.3 Å². The van der Waals surface area contributed by atoms with Gasteiger partial charge in [0, 0.05) is 11.6 Å². The summed E-state index contributed by atoms with van der Waals surface area (Å²) in [4.78, 5) is 3.85. The van der Waals surface area contributed by atoms with Crippen LogP contribution in [-0.4, -0.2) is 18.6 Å². The minimum atomic E-state index is -3.56. The van der Waals surface area contributed by atoms with Crippen molar-refractivity contribution in [1.29, 1.82) is 0 Å². The molecule has 2 heterocycles. The molecular formula is C13H11N3O3S. The molecule has 0 spiro atoms. The second kappa shape index (κ2) is 4.93. The fraction of sp³-hybridized carbons (Fsp3) is 0.0769. The van der Waals surface area contributed by atoms with Gasteiger partial charge in [0.15, 0.2) is 5.58 Å². The van der Waals surface area contributed by atoms with Gasteiger partial charge in [-0.3, -0.25) is 9.71 Å². The normalized spacial score (nSPS) is 11.6. The van der Waals surface area contributed by atoms with Gasteiger partial charge in [0.25, 0.3) is 0 Å². The number of benzene rings is 1. The molecule has 0 amide bonds. The molecule has 102 valence electrons. The van der Waals surface area contributed by atoms with E-state index in [1.54, 1.807) is 36.5 Å². The predicted octanol–water partition coefficient (Wildman–Crippen LogP) is 2.16. The van der Waals surface area contributed by atoms with Crippen molar-refractivity contribution in [3.8, 4) is 0 Å². The van der Waals surface area contributed by atoms with E-state index in [0.717, 1.165) is 0 Å². The number of aromatic nitrogens is 2. The Morgan fingerprint density at radius 2 is 2.00 bits per heavy atom. The van der Waals surface area contributed by atoms with Crippen LogP contribution < -0.4 is 4.72 Å². The molecule has 6 nitrogen and oxygen atoms in total. The lowest BCUT2D eigenvalue weighted by Crippen LogP contribution is -2.15. The third kappa shape index (κ3) is 2.62. The molecule has 0 aliphatic heterocycles. The molecule has 0 saturated carbocycles. The van der Waals surface area contributed by atoms with Crippen LogP contribution >= 0.6 is 0 Å². The molecule has 0 fully saturated rings. The number of hydrogen-bond acceptors (Lipinski definition) is 5. The first kappa shape index (κ1) is 12.6. The number of nitrogens with zero attached hydrogens (tertiary/aromatic N) is 2. The van der Waals surface area contributed by atoms with E-state index in [1.165, 1.54) is 6.20 Å². The molecule has 20 heavy (non-hydrogen) atoms. The summed E-state index contributed by atoms with van der Waals surface area (Å²) in [5.74, 6) is -0.251. The zero-order valence-corrected chi connectivity index (χ0v) is 11.2. The van der Waals surface area contributed by atoms with Crippen LogP contribution in [0.4, 0.5) is 5.69 Å². The quantitative estimate of drug-likeness (QED) is 0.795. The van der Waals surface area contributed by atoms with Crippen molar-refractivity contribution in [1.82, 2.24) is 10.1 Å². The summed E-state index contributed by atoms with van der Waals surface area (Å²) in [5, 5.41) is 4.51. The standard InChI is InChI=1S/C13H11N3O3S/c17-20(18,16-10-4-3-7-14-8-10)9-12-11-5-1-2-6-13(11)19-15-12/h1-8,16H,9H2. The number of rotatable bonds is 4. The Morgan fingerprint density at radius 3 is 2.80 bits per heavy atom. The van der Waals surface area contributed by atoms with Gasteiger partial charge in [-0.2, -0.15) is 0 Å². The summed E-state index contributed by atoms with van der Waals surface area (Å²) in [7, 11) is -3.56. The van der Waals surface area contributed by atoms with E-state index in [9.17, 15) is 8.42 Å². The second-order valence-corrected chi connectivity index (χ2v) is 5.95. The van der Waals surface area contributed by atoms with Crippen molar-refractivity contribution < 1.29 is 12.9 Å². The van der Waals surface area contributed by atoms with Crippen LogP contribution in [0, 0.1) is 0 Å². The molecule has 1 N–H and O–H groups in total. The third-order valence-corrected chi connectivity index (χ3v) is 3.91. The molecule has 0 aliphatic rings. The summed E-state index contributed by atoms with van der Waals surface area (Å²) >= 11 is 0. The van der Waals surface area contributed by atoms with Gasteiger partial charge in [-0.15, -0.1) is 0 Å². The minimum Gasteiger partial charge on any atom is -0.356 e. The molecule has 0 atom stereocenters. The first-order valence-corrected chi connectivity index (χ1v) is 7.53. The number of nitrogens with one attached hydrogen (secondary N) is 1. The number of anilines is 1. The van der Waals surface area contributed by atoms with Gasteiger partial charge in [0.1, 0.15) is 11.4 Å². The average molecular weight is 289 g/mol. The van der Waals surface area contributed by atoms with Crippen molar-refractivity contribution in [3.05, 3.63) is 54.5 Å². The molecular weight excluding hydrogens is 278 g/mol. The zero-order chi connectivity index (χ0) is 14.0. The Bertz CT molecular complexity index is 828. The Morgan fingerprint density at radius 1 is 1.15 bits per heavy atom. The predicted molar refractivity (Wildman–Crippen MR) is 74.5 cm³/mol. The fourth-order valence-corrected chi connectivity index (χ4v) is 2.98. The van der Waals surface area contributed by atoms with Crippen LogP contribution in [0.1, 0.15) is 5.69 Å². The highest BCUT2D eigenvalue weighted by Gasteiger charge is 2.17. The molecule has 1 aromatic carbocycles. The van der Waals surface area contributed by atoms with Crippen LogP contribution in [0.3, 0.4) is 0 Å². The van der Waals surface area contributed by atoms with Crippen molar-refractivity contribution in [2.45, 2.75) is 5.75 Å². The van der Waals surface area contributed by atoms with Gasteiger partial charge < -0.3 is 4.52 Å². The number of hydrogen-bond donors (Lipinski definition) is 1. The van der Waals surface area contributed by atoms with Crippen molar-refractivity contribution in [2.75, 3.05) is 4.72 Å². The molecule has 0 bridgehead atoms. The Labute approximate surface area is 115 Å². The molecule has 0 radical (unpaired) electrons. The van der Waals surface area contributed by atoms with Crippen molar-refractivity contribution in [3.63, 3.8) is 0 Å². The monoisotopic (exact) mass is 289 g/mol. The molecule has 0 unspecified atom stereocenters. The lowest BCUT2D eigenvalue weighted by atomic mass is 10.2. The summed E-state index contributed by atoms with van der Waals surface area (Å²) in [6.07, 6.45) is 3.02.